The Balaban J connectivity index is 1.92. The van der Waals surface area contributed by atoms with Gasteiger partial charge in [-0.1, -0.05) is 0 Å². The van der Waals surface area contributed by atoms with Gasteiger partial charge in [0.1, 0.15) is 22.7 Å². The first-order valence-corrected chi connectivity index (χ1v) is 7.52. The average molecular weight is 313 g/mol. The second-order valence-electron chi connectivity index (χ2n) is 5.77. The number of benzene rings is 2. The number of rotatable bonds is 5. The van der Waals surface area contributed by atoms with Gasteiger partial charge in [0.2, 0.25) is 5.43 Å². The molecule has 0 fully saturated rings. The average Bonchev–Trinajstić information content (AvgIpc) is 2.51. The highest BCUT2D eigenvalue weighted by Crippen LogP contribution is 2.25. The third kappa shape index (κ3) is 3.29. The molecule has 0 atom stereocenters. The number of ether oxygens (including phenoxy) is 1. The van der Waals surface area contributed by atoms with Crippen LogP contribution in [0.3, 0.4) is 0 Å². The predicted molar refractivity (Wildman–Crippen MR) is 90.3 cm³/mol. The van der Waals surface area contributed by atoms with Gasteiger partial charge in [-0.2, -0.15) is 0 Å². The summed E-state index contributed by atoms with van der Waals surface area (Å²) in [6.45, 7) is 1.55. The fraction of sp³-hybridized carbons (Fsp3) is 0.278. The Kier molecular flexibility index (Phi) is 4.21. The molecule has 1 aromatic heterocycles. The fourth-order valence-electron chi connectivity index (χ4n) is 2.48. The van der Waals surface area contributed by atoms with Crippen molar-refractivity contribution in [2.24, 2.45) is 0 Å². The molecule has 2 aromatic carbocycles. The SMILES string of the molecule is CN(C)CCCOc1ccc2c(=O)c3ccc(O)cc3oc2c1. The number of nitrogens with zero attached hydrogens (tertiary/aromatic N) is 1. The van der Waals surface area contributed by atoms with E-state index in [0.29, 0.717) is 34.3 Å². The Hall–Kier alpha value is -2.53. The van der Waals surface area contributed by atoms with E-state index in [2.05, 4.69) is 4.90 Å². The number of aromatic hydroxyl groups is 1. The van der Waals surface area contributed by atoms with Crippen molar-refractivity contribution in [3.63, 3.8) is 0 Å². The third-order valence-corrected chi connectivity index (χ3v) is 3.65. The summed E-state index contributed by atoms with van der Waals surface area (Å²) in [4.78, 5) is 14.6. The molecular formula is C18H19NO4. The molecule has 0 aliphatic heterocycles. The van der Waals surface area contributed by atoms with Crippen LogP contribution in [-0.2, 0) is 0 Å². The van der Waals surface area contributed by atoms with Crippen LogP contribution in [-0.4, -0.2) is 37.3 Å². The molecule has 23 heavy (non-hydrogen) atoms. The van der Waals surface area contributed by atoms with Crippen molar-refractivity contribution >= 4 is 21.9 Å². The van der Waals surface area contributed by atoms with Crippen LogP contribution in [0.1, 0.15) is 6.42 Å². The van der Waals surface area contributed by atoms with E-state index < -0.39 is 0 Å². The zero-order valence-corrected chi connectivity index (χ0v) is 13.2. The monoisotopic (exact) mass is 313 g/mol. The van der Waals surface area contributed by atoms with Gasteiger partial charge in [0, 0.05) is 18.7 Å². The number of phenolic OH excluding ortho intramolecular Hbond substituents is 1. The summed E-state index contributed by atoms with van der Waals surface area (Å²) in [6, 6.07) is 9.71. The first-order chi connectivity index (χ1) is 11.0. The minimum Gasteiger partial charge on any atom is -0.508 e. The van der Waals surface area contributed by atoms with Gasteiger partial charge in [-0.25, -0.2) is 0 Å². The van der Waals surface area contributed by atoms with Crippen molar-refractivity contribution in [2.75, 3.05) is 27.2 Å². The molecule has 0 saturated heterocycles. The van der Waals surface area contributed by atoms with E-state index in [-0.39, 0.29) is 11.2 Å². The van der Waals surface area contributed by atoms with Crippen molar-refractivity contribution in [3.05, 3.63) is 46.6 Å². The van der Waals surface area contributed by atoms with E-state index in [1.165, 1.54) is 12.1 Å². The fourth-order valence-corrected chi connectivity index (χ4v) is 2.48. The van der Waals surface area contributed by atoms with Crippen LogP contribution in [0, 0.1) is 0 Å². The first kappa shape index (κ1) is 15.4. The van der Waals surface area contributed by atoms with Gasteiger partial charge in [0.25, 0.3) is 0 Å². The molecule has 3 aromatic rings. The van der Waals surface area contributed by atoms with Crippen LogP contribution in [0.15, 0.2) is 45.6 Å². The van der Waals surface area contributed by atoms with Gasteiger partial charge in [-0.3, -0.25) is 4.79 Å². The lowest BCUT2D eigenvalue weighted by molar-refractivity contribution is 0.281. The van der Waals surface area contributed by atoms with E-state index in [0.717, 1.165) is 13.0 Å². The van der Waals surface area contributed by atoms with Gasteiger partial charge in [-0.15, -0.1) is 0 Å². The van der Waals surface area contributed by atoms with E-state index >= 15 is 0 Å². The maximum absolute atomic E-state index is 12.5. The minimum atomic E-state index is -0.111. The quantitative estimate of drug-likeness (QED) is 0.579. The van der Waals surface area contributed by atoms with Gasteiger partial charge in [0.15, 0.2) is 0 Å². The summed E-state index contributed by atoms with van der Waals surface area (Å²) in [5.41, 5.74) is 0.714. The van der Waals surface area contributed by atoms with Gasteiger partial charge in [-0.05, 0) is 44.8 Å². The van der Waals surface area contributed by atoms with Gasteiger partial charge < -0.3 is 19.2 Å². The Bertz CT molecular complexity index is 899. The van der Waals surface area contributed by atoms with Crippen LogP contribution in [0.4, 0.5) is 0 Å². The molecule has 0 bridgehead atoms. The largest absolute Gasteiger partial charge is 0.508 e. The second-order valence-corrected chi connectivity index (χ2v) is 5.77. The lowest BCUT2D eigenvalue weighted by atomic mass is 10.1. The Morgan fingerprint density at radius 2 is 1.78 bits per heavy atom. The molecule has 120 valence electrons. The Labute approximate surface area is 133 Å². The number of phenols is 1. The highest BCUT2D eigenvalue weighted by molar-refractivity contribution is 5.90. The molecule has 3 rings (SSSR count). The van der Waals surface area contributed by atoms with E-state index in [4.69, 9.17) is 9.15 Å². The van der Waals surface area contributed by atoms with Crippen LogP contribution >= 0.6 is 0 Å². The lowest BCUT2D eigenvalue weighted by Crippen LogP contribution is -2.15. The van der Waals surface area contributed by atoms with Gasteiger partial charge >= 0.3 is 0 Å². The van der Waals surface area contributed by atoms with E-state index in [1.807, 2.05) is 14.1 Å². The molecule has 0 amide bonds. The second kappa shape index (κ2) is 6.30. The highest BCUT2D eigenvalue weighted by Gasteiger charge is 2.09. The van der Waals surface area contributed by atoms with Crippen LogP contribution < -0.4 is 10.2 Å². The summed E-state index contributed by atoms with van der Waals surface area (Å²) in [5.74, 6) is 0.731. The Morgan fingerprint density at radius 3 is 2.52 bits per heavy atom. The van der Waals surface area contributed by atoms with Crippen LogP contribution in [0.2, 0.25) is 0 Å². The number of hydrogen-bond donors (Lipinski definition) is 1. The summed E-state index contributed by atoms with van der Waals surface area (Å²) in [6.07, 6.45) is 0.917. The molecular weight excluding hydrogens is 294 g/mol. The van der Waals surface area contributed by atoms with Crippen LogP contribution in [0.25, 0.3) is 21.9 Å². The molecule has 1 heterocycles. The first-order valence-electron chi connectivity index (χ1n) is 7.52. The maximum Gasteiger partial charge on any atom is 0.200 e. The molecule has 0 aliphatic carbocycles. The molecule has 0 aliphatic rings. The van der Waals surface area contributed by atoms with E-state index in [1.54, 1.807) is 24.3 Å². The van der Waals surface area contributed by atoms with Crippen molar-refractivity contribution in [1.82, 2.24) is 4.90 Å². The number of fused-ring (bicyclic) bond motifs is 2. The maximum atomic E-state index is 12.5. The molecule has 5 heteroatoms. The molecule has 5 nitrogen and oxygen atoms in total. The summed E-state index contributed by atoms with van der Waals surface area (Å²) in [5, 5.41) is 10.5. The summed E-state index contributed by atoms with van der Waals surface area (Å²) >= 11 is 0. The zero-order chi connectivity index (χ0) is 16.4. The third-order valence-electron chi connectivity index (χ3n) is 3.65. The molecule has 1 N–H and O–H groups in total. The molecule has 0 unspecified atom stereocenters. The zero-order valence-electron chi connectivity index (χ0n) is 13.2. The van der Waals surface area contributed by atoms with E-state index in [9.17, 15) is 9.90 Å². The smallest absolute Gasteiger partial charge is 0.200 e. The highest BCUT2D eigenvalue weighted by atomic mass is 16.5. The van der Waals surface area contributed by atoms with Crippen molar-refractivity contribution in [3.8, 4) is 11.5 Å². The van der Waals surface area contributed by atoms with Gasteiger partial charge in [0.05, 0.1) is 17.4 Å². The minimum absolute atomic E-state index is 0.0658. The van der Waals surface area contributed by atoms with Crippen molar-refractivity contribution < 1.29 is 14.3 Å². The van der Waals surface area contributed by atoms with Crippen molar-refractivity contribution in [2.45, 2.75) is 6.42 Å². The number of hydrogen-bond acceptors (Lipinski definition) is 5. The Morgan fingerprint density at radius 1 is 1.09 bits per heavy atom. The van der Waals surface area contributed by atoms with Crippen molar-refractivity contribution in [1.29, 1.82) is 0 Å². The molecule has 0 spiro atoms. The predicted octanol–water partition coefficient (Wildman–Crippen LogP) is 2.98. The molecule has 0 radical (unpaired) electrons. The lowest BCUT2D eigenvalue weighted by Gasteiger charge is -2.10. The summed E-state index contributed by atoms with van der Waals surface area (Å²) < 4.78 is 11.4. The normalized spacial score (nSPS) is 11.4. The standard InChI is InChI=1S/C18H19NO4/c1-19(2)8-3-9-22-13-5-7-15-17(11-13)23-16-10-12(20)4-6-14(16)18(15)21/h4-7,10-11,20H,3,8-9H2,1-2H3. The summed E-state index contributed by atoms with van der Waals surface area (Å²) in [7, 11) is 4.04. The topological polar surface area (TPSA) is 62.9 Å². The molecule has 0 saturated carbocycles. The van der Waals surface area contributed by atoms with Crippen LogP contribution in [0.5, 0.6) is 11.5 Å².